The highest BCUT2D eigenvalue weighted by Gasteiger charge is 2.35. The lowest BCUT2D eigenvalue weighted by Gasteiger charge is -2.04. The molecular formula is C14H9F4N5OS. The van der Waals surface area contributed by atoms with E-state index in [1.165, 1.54) is 24.3 Å². The minimum atomic E-state index is -4.61. The van der Waals surface area contributed by atoms with Gasteiger partial charge in [-0.05, 0) is 24.3 Å². The predicted octanol–water partition coefficient (Wildman–Crippen LogP) is 3.35. The standard InChI is InChI=1S/C14H9F4N5OS/c1-23-10(14(16,17)18)6-9(21-23)12(24)20-13-19-11(22-25-13)7-2-4-8(15)5-3-7/h2-6H,1H3,(H,19,20,22,24). The summed E-state index contributed by atoms with van der Waals surface area (Å²) in [6, 6.07) is 6.06. The molecule has 0 bridgehead atoms. The van der Waals surface area contributed by atoms with Gasteiger partial charge in [-0.2, -0.15) is 27.6 Å². The van der Waals surface area contributed by atoms with Gasteiger partial charge in [-0.15, -0.1) is 0 Å². The van der Waals surface area contributed by atoms with Crippen LogP contribution in [-0.4, -0.2) is 25.0 Å². The topological polar surface area (TPSA) is 72.7 Å². The minimum absolute atomic E-state index is 0.0866. The molecule has 0 saturated carbocycles. The fraction of sp³-hybridized carbons (Fsp3) is 0.143. The van der Waals surface area contributed by atoms with Crippen molar-refractivity contribution in [1.82, 2.24) is 19.1 Å². The van der Waals surface area contributed by atoms with Crippen LogP contribution in [0.25, 0.3) is 11.4 Å². The van der Waals surface area contributed by atoms with Gasteiger partial charge in [0, 0.05) is 30.2 Å². The van der Waals surface area contributed by atoms with E-state index in [0.717, 1.165) is 18.6 Å². The molecule has 0 aliphatic carbocycles. The van der Waals surface area contributed by atoms with Gasteiger partial charge in [0.1, 0.15) is 11.5 Å². The van der Waals surface area contributed by atoms with E-state index >= 15 is 0 Å². The molecule has 0 spiro atoms. The van der Waals surface area contributed by atoms with Crippen molar-refractivity contribution in [1.29, 1.82) is 0 Å². The Morgan fingerprint density at radius 2 is 1.92 bits per heavy atom. The number of amides is 1. The molecule has 1 aromatic carbocycles. The Kier molecular flexibility index (Phi) is 4.25. The molecular weight excluding hydrogens is 362 g/mol. The maximum Gasteiger partial charge on any atom is 0.433 e. The fourth-order valence-electron chi connectivity index (χ4n) is 2.00. The predicted molar refractivity (Wildman–Crippen MR) is 81.5 cm³/mol. The van der Waals surface area contributed by atoms with Gasteiger partial charge in [-0.25, -0.2) is 4.39 Å². The molecule has 0 unspecified atom stereocenters. The van der Waals surface area contributed by atoms with Crippen LogP contribution < -0.4 is 5.32 Å². The molecule has 3 aromatic rings. The molecule has 6 nitrogen and oxygen atoms in total. The highest BCUT2D eigenvalue weighted by Crippen LogP contribution is 2.29. The summed E-state index contributed by atoms with van der Waals surface area (Å²) < 4.78 is 55.7. The summed E-state index contributed by atoms with van der Waals surface area (Å²) in [5.74, 6) is -0.992. The third kappa shape index (κ3) is 3.65. The first kappa shape index (κ1) is 17.0. The average Bonchev–Trinajstić information content (AvgIpc) is 3.14. The highest BCUT2D eigenvalue weighted by molar-refractivity contribution is 7.10. The van der Waals surface area contributed by atoms with Crippen LogP contribution in [0.4, 0.5) is 22.7 Å². The highest BCUT2D eigenvalue weighted by atomic mass is 32.1. The van der Waals surface area contributed by atoms with Crippen molar-refractivity contribution >= 4 is 22.6 Å². The lowest BCUT2D eigenvalue weighted by Crippen LogP contribution is -2.13. The van der Waals surface area contributed by atoms with Crippen LogP contribution in [0, 0.1) is 5.82 Å². The van der Waals surface area contributed by atoms with E-state index in [9.17, 15) is 22.4 Å². The molecule has 0 atom stereocenters. The summed E-state index contributed by atoms with van der Waals surface area (Å²) in [7, 11) is 1.09. The number of hydrogen-bond acceptors (Lipinski definition) is 5. The van der Waals surface area contributed by atoms with Crippen LogP contribution in [0.5, 0.6) is 0 Å². The number of nitrogens with zero attached hydrogens (tertiary/aromatic N) is 4. The van der Waals surface area contributed by atoms with E-state index in [4.69, 9.17) is 0 Å². The smallest absolute Gasteiger partial charge is 0.295 e. The van der Waals surface area contributed by atoms with E-state index < -0.39 is 29.3 Å². The molecule has 0 radical (unpaired) electrons. The largest absolute Gasteiger partial charge is 0.433 e. The number of carbonyl (C=O) groups is 1. The van der Waals surface area contributed by atoms with Crippen LogP contribution in [-0.2, 0) is 13.2 Å². The monoisotopic (exact) mass is 371 g/mol. The Bertz CT molecular complexity index is 916. The Balaban J connectivity index is 1.77. The molecule has 2 aromatic heterocycles. The van der Waals surface area contributed by atoms with E-state index in [-0.39, 0.29) is 11.0 Å². The molecule has 11 heteroatoms. The fourth-order valence-corrected chi connectivity index (χ4v) is 2.58. The van der Waals surface area contributed by atoms with Crippen LogP contribution in [0.1, 0.15) is 16.2 Å². The number of nitrogens with one attached hydrogen (secondary N) is 1. The number of halogens is 4. The van der Waals surface area contributed by atoms with E-state index in [1.54, 1.807) is 0 Å². The number of benzene rings is 1. The van der Waals surface area contributed by atoms with E-state index in [0.29, 0.717) is 16.3 Å². The van der Waals surface area contributed by atoms with Gasteiger partial charge in [0.2, 0.25) is 5.13 Å². The van der Waals surface area contributed by atoms with Gasteiger partial charge >= 0.3 is 6.18 Å². The molecule has 1 amide bonds. The van der Waals surface area contributed by atoms with Crippen molar-refractivity contribution in [3.8, 4) is 11.4 Å². The van der Waals surface area contributed by atoms with Crippen LogP contribution >= 0.6 is 11.5 Å². The zero-order valence-corrected chi connectivity index (χ0v) is 13.3. The second kappa shape index (κ2) is 6.24. The zero-order chi connectivity index (χ0) is 18.2. The minimum Gasteiger partial charge on any atom is -0.295 e. The van der Waals surface area contributed by atoms with Gasteiger partial charge in [-0.3, -0.25) is 14.8 Å². The average molecular weight is 371 g/mol. The summed E-state index contributed by atoms with van der Waals surface area (Å²) in [5.41, 5.74) is -0.898. The number of carbonyl (C=O) groups excluding carboxylic acids is 1. The van der Waals surface area contributed by atoms with Crippen molar-refractivity contribution in [2.45, 2.75) is 6.18 Å². The summed E-state index contributed by atoms with van der Waals surface area (Å²) in [6.07, 6.45) is -4.61. The Morgan fingerprint density at radius 1 is 1.24 bits per heavy atom. The van der Waals surface area contributed by atoms with Crippen molar-refractivity contribution in [2.24, 2.45) is 7.05 Å². The molecule has 130 valence electrons. The second-order valence-electron chi connectivity index (χ2n) is 4.92. The van der Waals surface area contributed by atoms with Crippen molar-refractivity contribution in [3.63, 3.8) is 0 Å². The lowest BCUT2D eigenvalue weighted by atomic mass is 10.2. The van der Waals surface area contributed by atoms with E-state index in [1.807, 2.05) is 0 Å². The number of anilines is 1. The number of hydrogen-bond donors (Lipinski definition) is 1. The maximum absolute atomic E-state index is 12.9. The van der Waals surface area contributed by atoms with Gasteiger partial charge in [0.25, 0.3) is 5.91 Å². The second-order valence-corrected chi connectivity index (χ2v) is 5.67. The van der Waals surface area contributed by atoms with Crippen molar-refractivity contribution < 1.29 is 22.4 Å². The summed E-state index contributed by atoms with van der Waals surface area (Å²) >= 11 is 0.845. The summed E-state index contributed by atoms with van der Waals surface area (Å²) in [4.78, 5) is 16.1. The maximum atomic E-state index is 12.9. The first-order valence-electron chi connectivity index (χ1n) is 6.76. The Hall–Kier alpha value is -2.82. The third-order valence-corrected chi connectivity index (χ3v) is 3.78. The molecule has 0 fully saturated rings. The third-order valence-electron chi connectivity index (χ3n) is 3.15. The molecule has 2 heterocycles. The first-order chi connectivity index (χ1) is 11.7. The van der Waals surface area contributed by atoms with E-state index in [2.05, 4.69) is 19.8 Å². The molecule has 1 N–H and O–H groups in total. The molecule has 0 aliphatic rings. The molecule has 0 saturated heterocycles. The molecule has 0 aliphatic heterocycles. The van der Waals surface area contributed by atoms with Crippen LogP contribution in [0.15, 0.2) is 30.3 Å². The molecule has 25 heavy (non-hydrogen) atoms. The zero-order valence-electron chi connectivity index (χ0n) is 12.5. The van der Waals surface area contributed by atoms with Gasteiger partial charge < -0.3 is 0 Å². The summed E-state index contributed by atoms with van der Waals surface area (Å²) in [6.45, 7) is 0. The number of alkyl halides is 3. The Morgan fingerprint density at radius 3 is 2.52 bits per heavy atom. The first-order valence-corrected chi connectivity index (χ1v) is 7.53. The summed E-state index contributed by atoms with van der Waals surface area (Å²) in [5, 5.41) is 5.97. The lowest BCUT2D eigenvalue weighted by molar-refractivity contribution is -0.143. The van der Waals surface area contributed by atoms with Crippen molar-refractivity contribution in [3.05, 3.63) is 47.5 Å². The van der Waals surface area contributed by atoms with Crippen LogP contribution in [0.3, 0.4) is 0 Å². The quantitative estimate of drug-likeness (QED) is 0.717. The van der Waals surface area contributed by atoms with Crippen molar-refractivity contribution in [2.75, 3.05) is 5.32 Å². The van der Waals surface area contributed by atoms with Crippen LogP contribution in [0.2, 0.25) is 0 Å². The van der Waals surface area contributed by atoms with Gasteiger partial charge in [0.05, 0.1) is 0 Å². The number of rotatable bonds is 3. The SMILES string of the molecule is Cn1nc(C(=O)Nc2nc(-c3ccc(F)cc3)ns2)cc1C(F)(F)F. The Labute approximate surface area is 142 Å². The normalized spacial score (nSPS) is 11.6. The number of aryl methyl sites for hydroxylation is 1. The number of aromatic nitrogens is 4. The molecule has 3 rings (SSSR count). The van der Waals surface area contributed by atoms with Gasteiger partial charge in [-0.1, -0.05) is 0 Å². The van der Waals surface area contributed by atoms with Gasteiger partial charge in [0.15, 0.2) is 11.5 Å².